The number of ether oxygens (including phenoxy) is 2. The van der Waals surface area contributed by atoms with Crippen molar-refractivity contribution < 1.29 is 19.1 Å². The van der Waals surface area contributed by atoms with Crippen LogP contribution in [0.25, 0.3) is 10.9 Å². The number of pyridine rings is 1. The van der Waals surface area contributed by atoms with Crippen LogP contribution >= 0.6 is 0 Å². The van der Waals surface area contributed by atoms with Crippen LogP contribution in [-0.2, 0) is 23.2 Å². The van der Waals surface area contributed by atoms with Gasteiger partial charge in [-0.15, -0.1) is 0 Å². The Morgan fingerprint density at radius 2 is 2.26 bits per heavy atom. The van der Waals surface area contributed by atoms with Gasteiger partial charge in [-0.25, -0.2) is 0 Å². The Labute approximate surface area is 155 Å². The molecule has 1 aliphatic heterocycles. The molecule has 1 aliphatic rings. The number of aromatic nitrogens is 3. The monoisotopic (exact) mass is 366 g/mol. The van der Waals surface area contributed by atoms with Crippen LogP contribution in [0.1, 0.15) is 22.6 Å². The van der Waals surface area contributed by atoms with E-state index in [4.69, 9.17) is 9.47 Å². The third-order valence-electron chi connectivity index (χ3n) is 4.33. The van der Waals surface area contributed by atoms with Crippen molar-refractivity contribution in [1.29, 1.82) is 0 Å². The minimum atomic E-state index is -0.321. The molecule has 3 aromatic rings. The SMILES string of the molecule is Cn1nc2ccc(OCc3ccccn3)cc2c1C(=O)NC1COC(=O)C1. The topological polar surface area (TPSA) is 95.3 Å². The molecule has 1 unspecified atom stereocenters. The smallest absolute Gasteiger partial charge is 0.308 e. The van der Waals surface area contributed by atoms with Crippen LogP contribution in [0, 0.1) is 0 Å². The third kappa shape index (κ3) is 3.59. The first-order valence-electron chi connectivity index (χ1n) is 8.56. The number of cyclic esters (lactones) is 1. The van der Waals surface area contributed by atoms with Crippen LogP contribution in [0.4, 0.5) is 0 Å². The first-order chi connectivity index (χ1) is 13.1. The number of hydrogen-bond donors (Lipinski definition) is 1. The van der Waals surface area contributed by atoms with E-state index in [1.54, 1.807) is 19.3 Å². The molecule has 1 saturated heterocycles. The van der Waals surface area contributed by atoms with Gasteiger partial charge in [0.2, 0.25) is 0 Å². The number of esters is 1. The molecule has 1 aromatic carbocycles. The summed E-state index contributed by atoms with van der Waals surface area (Å²) in [7, 11) is 1.71. The standard InChI is InChI=1S/C19H18N4O4/c1-23-18(19(25)21-13-8-17(24)27-11-13)15-9-14(5-6-16(15)22-23)26-10-12-4-2-3-7-20-12/h2-7,9,13H,8,10-11H2,1H3,(H,21,25). The molecule has 1 amide bonds. The minimum absolute atomic E-state index is 0.181. The van der Waals surface area contributed by atoms with Gasteiger partial charge in [0.1, 0.15) is 24.7 Å². The highest BCUT2D eigenvalue weighted by Gasteiger charge is 2.27. The first-order valence-corrected chi connectivity index (χ1v) is 8.56. The van der Waals surface area contributed by atoms with Crippen LogP contribution in [0.3, 0.4) is 0 Å². The van der Waals surface area contributed by atoms with Crippen LogP contribution in [-0.4, -0.2) is 39.3 Å². The molecule has 4 rings (SSSR count). The number of rotatable bonds is 5. The second-order valence-electron chi connectivity index (χ2n) is 6.32. The van der Waals surface area contributed by atoms with E-state index in [1.165, 1.54) is 4.68 Å². The second-order valence-corrected chi connectivity index (χ2v) is 6.32. The molecule has 138 valence electrons. The number of benzene rings is 1. The van der Waals surface area contributed by atoms with Crippen LogP contribution in [0.15, 0.2) is 42.6 Å². The van der Waals surface area contributed by atoms with E-state index in [1.807, 2.05) is 30.3 Å². The fourth-order valence-electron chi connectivity index (χ4n) is 3.04. The van der Waals surface area contributed by atoms with Crippen molar-refractivity contribution in [2.24, 2.45) is 7.05 Å². The second kappa shape index (κ2) is 7.06. The summed E-state index contributed by atoms with van der Waals surface area (Å²) in [5.74, 6) is 0.0140. The summed E-state index contributed by atoms with van der Waals surface area (Å²) in [6.07, 6.45) is 1.89. The van der Waals surface area contributed by atoms with Crippen LogP contribution in [0.2, 0.25) is 0 Å². The summed E-state index contributed by atoms with van der Waals surface area (Å²) in [5, 5.41) is 7.88. The van der Waals surface area contributed by atoms with E-state index >= 15 is 0 Å². The number of carbonyl (C=O) groups excluding carboxylic acids is 2. The Bertz CT molecular complexity index is 1000. The number of aryl methyl sites for hydroxylation is 1. The summed E-state index contributed by atoms with van der Waals surface area (Å²) < 4.78 is 12.2. The molecule has 1 fully saturated rings. The van der Waals surface area contributed by atoms with Gasteiger partial charge >= 0.3 is 5.97 Å². The van der Waals surface area contributed by atoms with Gasteiger partial charge in [-0.05, 0) is 30.3 Å². The highest BCUT2D eigenvalue weighted by molar-refractivity contribution is 6.05. The molecule has 0 saturated carbocycles. The maximum Gasteiger partial charge on any atom is 0.308 e. The zero-order valence-corrected chi connectivity index (χ0v) is 14.7. The molecule has 2 aromatic heterocycles. The van der Waals surface area contributed by atoms with E-state index in [0.29, 0.717) is 29.0 Å². The maximum absolute atomic E-state index is 12.7. The quantitative estimate of drug-likeness (QED) is 0.689. The Hall–Kier alpha value is -3.42. The molecule has 1 atom stereocenters. The zero-order valence-electron chi connectivity index (χ0n) is 14.7. The number of nitrogens with one attached hydrogen (secondary N) is 1. The van der Waals surface area contributed by atoms with Crippen molar-refractivity contribution >= 4 is 22.8 Å². The Morgan fingerprint density at radius 1 is 1.37 bits per heavy atom. The number of fused-ring (bicyclic) bond motifs is 1. The maximum atomic E-state index is 12.7. The highest BCUT2D eigenvalue weighted by Crippen LogP contribution is 2.24. The number of nitrogens with zero attached hydrogens (tertiary/aromatic N) is 3. The predicted octanol–water partition coefficient (Wildman–Crippen LogP) is 1.59. The summed E-state index contributed by atoms with van der Waals surface area (Å²) in [5.41, 5.74) is 1.91. The lowest BCUT2D eigenvalue weighted by atomic mass is 10.1. The van der Waals surface area contributed by atoms with Crippen molar-refractivity contribution in [1.82, 2.24) is 20.1 Å². The van der Waals surface area contributed by atoms with E-state index in [9.17, 15) is 9.59 Å². The van der Waals surface area contributed by atoms with Gasteiger partial charge in [-0.1, -0.05) is 6.07 Å². The van der Waals surface area contributed by atoms with Crippen molar-refractivity contribution in [3.8, 4) is 5.75 Å². The number of hydrogen-bond acceptors (Lipinski definition) is 6. The predicted molar refractivity (Wildman–Crippen MR) is 96.1 cm³/mol. The van der Waals surface area contributed by atoms with E-state index < -0.39 is 0 Å². The van der Waals surface area contributed by atoms with Gasteiger partial charge in [0.25, 0.3) is 5.91 Å². The summed E-state index contributed by atoms with van der Waals surface area (Å²) in [6, 6.07) is 10.7. The Morgan fingerprint density at radius 3 is 3.00 bits per heavy atom. The fourth-order valence-corrected chi connectivity index (χ4v) is 3.04. The number of carbonyl (C=O) groups is 2. The molecule has 3 heterocycles. The van der Waals surface area contributed by atoms with Gasteiger partial charge in [0.15, 0.2) is 0 Å². The number of amides is 1. The van der Waals surface area contributed by atoms with Gasteiger partial charge in [0.05, 0.1) is 23.7 Å². The van der Waals surface area contributed by atoms with Crippen molar-refractivity contribution in [3.05, 3.63) is 54.0 Å². The van der Waals surface area contributed by atoms with E-state index in [0.717, 1.165) is 5.69 Å². The van der Waals surface area contributed by atoms with Gasteiger partial charge < -0.3 is 14.8 Å². The Kier molecular flexibility index (Phi) is 4.45. The fraction of sp³-hybridized carbons (Fsp3) is 0.263. The van der Waals surface area contributed by atoms with Crippen LogP contribution < -0.4 is 10.1 Å². The Balaban J connectivity index is 1.56. The van der Waals surface area contributed by atoms with Gasteiger partial charge in [-0.3, -0.25) is 19.3 Å². The molecule has 0 bridgehead atoms. The average Bonchev–Trinajstić information content (AvgIpc) is 3.22. The summed E-state index contributed by atoms with van der Waals surface area (Å²) in [4.78, 5) is 28.2. The summed E-state index contributed by atoms with van der Waals surface area (Å²) >= 11 is 0. The molecule has 8 heteroatoms. The largest absolute Gasteiger partial charge is 0.487 e. The van der Waals surface area contributed by atoms with Gasteiger partial charge in [-0.2, -0.15) is 5.10 Å². The molecule has 0 spiro atoms. The molecule has 0 radical (unpaired) electrons. The molecular weight excluding hydrogens is 348 g/mol. The van der Waals surface area contributed by atoms with E-state index in [2.05, 4.69) is 15.4 Å². The van der Waals surface area contributed by atoms with Gasteiger partial charge in [0, 0.05) is 18.6 Å². The normalized spacial score (nSPS) is 16.3. The van der Waals surface area contributed by atoms with Crippen LogP contribution in [0.5, 0.6) is 5.75 Å². The lowest BCUT2D eigenvalue weighted by Gasteiger charge is -2.10. The van der Waals surface area contributed by atoms with Crippen molar-refractivity contribution in [2.45, 2.75) is 19.1 Å². The minimum Gasteiger partial charge on any atom is -0.487 e. The average molecular weight is 366 g/mol. The third-order valence-corrected chi connectivity index (χ3v) is 4.33. The highest BCUT2D eigenvalue weighted by atomic mass is 16.5. The molecular formula is C19H18N4O4. The first kappa shape index (κ1) is 17.0. The molecule has 0 aliphatic carbocycles. The molecule has 8 nitrogen and oxygen atoms in total. The van der Waals surface area contributed by atoms with E-state index in [-0.39, 0.29) is 30.9 Å². The lowest BCUT2D eigenvalue weighted by molar-refractivity contribution is -0.137. The molecule has 27 heavy (non-hydrogen) atoms. The summed E-state index contributed by atoms with van der Waals surface area (Å²) in [6.45, 7) is 0.522. The molecule has 1 N–H and O–H groups in total. The van der Waals surface area contributed by atoms with Crippen molar-refractivity contribution in [2.75, 3.05) is 6.61 Å². The van der Waals surface area contributed by atoms with Crippen molar-refractivity contribution in [3.63, 3.8) is 0 Å². The lowest BCUT2D eigenvalue weighted by Crippen LogP contribution is -2.36. The zero-order chi connectivity index (χ0) is 18.8.